The Bertz CT molecular complexity index is 1000. The van der Waals surface area contributed by atoms with E-state index < -0.39 is 0 Å². The number of hydrogen-bond donors (Lipinski definition) is 4. The first-order valence-corrected chi connectivity index (χ1v) is 16.5. The van der Waals surface area contributed by atoms with E-state index in [1.165, 1.54) is 99.4 Å². The monoisotopic (exact) mass is 581 g/mol. The van der Waals surface area contributed by atoms with Gasteiger partial charge in [-0.1, -0.05) is 83.4 Å². The third kappa shape index (κ3) is 12.3. The third-order valence-corrected chi connectivity index (χ3v) is 9.49. The number of thiazole rings is 1. The SMILES string of the molecule is CCCCCCCCCCCCSCC(C)C(=O)Nc1cc(O)c(Sc2nc(CC(=O)NC)cs2)cc1O. The van der Waals surface area contributed by atoms with Crippen molar-refractivity contribution in [3.05, 3.63) is 23.2 Å². The van der Waals surface area contributed by atoms with Crippen LogP contribution < -0.4 is 10.6 Å². The summed E-state index contributed by atoms with van der Waals surface area (Å²) < 4.78 is 0.642. The number of unbranched alkanes of at least 4 members (excludes halogenated alkanes) is 9. The highest BCUT2D eigenvalue weighted by molar-refractivity contribution is 8.01. The zero-order valence-electron chi connectivity index (χ0n) is 22.9. The molecule has 0 aliphatic carbocycles. The summed E-state index contributed by atoms with van der Waals surface area (Å²) in [6, 6.07) is 2.78. The first-order chi connectivity index (χ1) is 18.3. The molecule has 38 heavy (non-hydrogen) atoms. The van der Waals surface area contributed by atoms with Crippen molar-refractivity contribution in [2.24, 2.45) is 5.92 Å². The molecule has 4 N–H and O–H groups in total. The van der Waals surface area contributed by atoms with E-state index >= 15 is 0 Å². The summed E-state index contributed by atoms with van der Waals surface area (Å²) in [5.74, 6) is 1.06. The van der Waals surface area contributed by atoms with Gasteiger partial charge < -0.3 is 20.8 Å². The van der Waals surface area contributed by atoms with Gasteiger partial charge in [-0.2, -0.15) is 11.8 Å². The standard InChI is InChI=1S/C28H43N3O4S3/c1-4-5-6-7-8-9-10-11-12-13-14-36-18-20(2)27(35)31-22-16-24(33)25(17-23(22)32)38-28-30-21(19-37-28)15-26(34)29-3/h16-17,19-20,32-33H,4-15,18H2,1-3H3,(H,29,34)(H,31,35). The van der Waals surface area contributed by atoms with Crippen molar-refractivity contribution in [1.82, 2.24) is 10.3 Å². The van der Waals surface area contributed by atoms with Crippen LogP contribution in [0, 0.1) is 5.92 Å². The minimum atomic E-state index is -0.215. The number of nitrogens with zero attached hydrogens (tertiary/aromatic N) is 1. The van der Waals surface area contributed by atoms with Gasteiger partial charge in [0.1, 0.15) is 11.5 Å². The summed E-state index contributed by atoms with van der Waals surface area (Å²) in [5, 5.41) is 28.0. The van der Waals surface area contributed by atoms with Crippen LogP contribution in [0.25, 0.3) is 0 Å². The first-order valence-electron chi connectivity index (χ1n) is 13.6. The van der Waals surface area contributed by atoms with Gasteiger partial charge in [0, 0.05) is 30.2 Å². The summed E-state index contributed by atoms with van der Waals surface area (Å²) in [6.07, 6.45) is 13.4. The average Bonchev–Trinajstić information content (AvgIpc) is 3.33. The Kier molecular flexibility index (Phi) is 15.6. The molecule has 2 rings (SSSR count). The Labute approximate surface area is 240 Å². The highest BCUT2D eigenvalue weighted by Gasteiger charge is 2.18. The number of likely N-dealkylation sites (N-methyl/N-ethyl adjacent to an activating group) is 1. The lowest BCUT2D eigenvalue weighted by Gasteiger charge is -2.14. The van der Waals surface area contributed by atoms with Gasteiger partial charge in [0.05, 0.1) is 22.7 Å². The number of hydrogen-bond acceptors (Lipinski definition) is 8. The highest BCUT2D eigenvalue weighted by atomic mass is 32.2. The van der Waals surface area contributed by atoms with Crippen LogP contribution in [0.2, 0.25) is 0 Å². The van der Waals surface area contributed by atoms with E-state index in [0.717, 1.165) is 5.75 Å². The molecule has 1 unspecified atom stereocenters. The Morgan fingerprint density at radius 3 is 2.32 bits per heavy atom. The molecule has 0 spiro atoms. The van der Waals surface area contributed by atoms with E-state index in [9.17, 15) is 19.8 Å². The van der Waals surface area contributed by atoms with Crippen molar-refractivity contribution in [2.75, 3.05) is 23.9 Å². The fourth-order valence-electron chi connectivity index (χ4n) is 3.79. The van der Waals surface area contributed by atoms with Gasteiger partial charge in [0.15, 0.2) is 4.34 Å². The summed E-state index contributed by atoms with van der Waals surface area (Å²) in [4.78, 5) is 29.0. The van der Waals surface area contributed by atoms with Gasteiger partial charge in [0.25, 0.3) is 0 Å². The molecule has 1 atom stereocenters. The van der Waals surface area contributed by atoms with E-state index in [2.05, 4.69) is 22.5 Å². The molecule has 0 bridgehead atoms. The Hall–Kier alpha value is -1.91. The number of aromatic hydroxyl groups is 2. The van der Waals surface area contributed by atoms with E-state index in [4.69, 9.17) is 0 Å². The predicted molar refractivity (Wildman–Crippen MR) is 161 cm³/mol. The number of nitrogens with one attached hydrogen (secondary N) is 2. The zero-order chi connectivity index (χ0) is 27.8. The molecule has 0 saturated carbocycles. The highest BCUT2D eigenvalue weighted by Crippen LogP contribution is 2.41. The van der Waals surface area contributed by atoms with Crippen LogP contribution in [0.5, 0.6) is 11.5 Å². The minimum absolute atomic E-state index is 0.0610. The largest absolute Gasteiger partial charge is 0.507 e. The zero-order valence-corrected chi connectivity index (χ0v) is 25.3. The van der Waals surface area contributed by atoms with Gasteiger partial charge in [-0.25, -0.2) is 4.98 Å². The van der Waals surface area contributed by atoms with Crippen molar-refractivity contribution in [3.63, 3.8) is 0 Å². The number of phenols is 2. The number of amides is 2. The number of carbonyl (C=O) groups excluding carboxylic acids is 2. The number of benzene rings is 1. The van der Waals surface area contributed by atoms with Crippen molar-refractivity contribution >= 4 is 52.4 Å². The van der Waals surface area contributed by atoms with E-state index in [1.807, 2.05) is 6.92 Å². The van der Waals surface area contributed by atoms with E-state index in [-0.39, 0.29) is 41.3 Å². The quantitative estimate of drug-likeness (QED) is 0.0787. The number of thioether (sulfide) groups is 1. The molecule has 0 aliphatic heterocycles. The number of phenolic OH excluding ortho intramolecular Hbond substituents is 2. The molecule has 1 aromatic heterocycles. The lowest BCUT2D eigenvalue weighted by atomic mass is 10.1. The van der Waals surface area contributed by atoms with E-state index in [0.29, 0.717) is 20.7 Å². The Morgan fingerprint density at radius 1 is 1.00 bits per heavy atom. The first kappa shape index (κ1) is 32.3. The molecule has 0 saturated heterocycles. The van der Waals surface area contributed by atoms with Crippen LogP contribution in [-0.2, 0) is 16.0 Å². The Balaban J connectivity index is 1.69. The maximum absolute atomic E-state index is 12.6. The molecule has 7 nitrogen and oxygen atoms in total. The Morgan fingerprint density at radius 2 is 1.66 bits per heavy atom. The van der Waals surface area contributed by atoms with Gasteiger partial charge in [-0.3, -0.25) is 9.59 Å². The second kappa shape index (κ2) is 18.4. The second-order valence-corrected chi connectivity index (χ2v) is 12.8. The fraction of sp³-hybridized carbons (Fsp3) is 0.607. The molecule has 2 amide bonds. The number of carbonyl (C=O) groups is 2. The second-order valence-electron chi connectivity index (χ2n) is 9.54. The van der Waals surface area contributed by atoms with Gasteiger partial charge >= 0.3 is 0 Å². The van der Waals surface area contributed by atoms with Crippen molar-refractivity contribution in [1.29, 1.82) is 0 Å². The lowest BCUT2D eigenvalue weighted by Crippen LogP contribution is -2.22. The smallest absolute Gasteiger partial charge is 0.228 e. The summed E-state index contributed by atoms with van der Waals surface area (Å²) in [6.45, 7) is 4.13. The average molecular weight is 582 g/mol. The molecule has 1 heterocycles. The van der Waals surface area contributed by atoms with Crippen molar-refractivity contribution < 1.29 is 19.8 Å². The molecule has 2 aromatic rings. The van der Waals surface area contributed by atoms with Crippen LogP contribution in [0.1, 0.15) is 83.7 Å². The number of aromatic nitrogens is 1. The maximum Gasteiger partial charge on any atom is 0.228 e. The summed E-state index contributed by atoms with van der Waals surface area (Å²) in [5.41, 5.74) is 0.826. The fourth-order valence-corrected chi connectivity index (χ4v) is 6.70. The van der Waals surface area contributed by atoms with Gasteiger partial charge in [-0.05, 0) is 18.2 Å². The van der Waals surface area contributed by atoms with Crippen molar-refractivity contribution in [2.45, 2.75) is 93.7 Å². The molecule has 0 aliphatic rings. The third-order valence-electron chi connectivity index (χ3n) is 6.14. The minimum Gasteiger partial charge on any atom is -0.507 e. The lowest BCUT2D eigenvalue weighted by molar-refractivity contribution is -0.120. The van der Waals surface area contributed by atoms with Crippen LogP contribution in [0.15, 0.2) is 26.7 Å². The summed E-state index contributed by atoms with van der Waals surface area (Å²) >= 11 is 4.34. The normalized spacial score (nSPS) is 11.9. The van der Waals surface area contributed by atoms with Crippen molar-refractivity contribution in [3.8, 4) is 11.5 Å². The molecular formula is C28H43N3O4S3. The molecule has 0 fully saturated rings. The molecule has 1 aromatic carbocycles. The summed E-state index contributed by atoms with van der Waals surface area (Å²) in [7, 11) is 1.57. The van der Waals surface area contributed by atoms with Crippen LogP contribution in [0.3, 0.4) is 0 Å². The van der Waals surface area contributed by atoms with Crippen LogP contribution >= 0.6 is 34.9 Å². The van der Waals surface area contributed by atoms with Crippen LogP contribution in [-0.4, -0.2) is 45.6 Å². The maximum atomic E-state index is 12.6. The topological polar surface area (TPSA) is 112 Å². The van der Waals surface area contributed by atoms with Crippen LogP contribution in [0.4, 0.5) is 5.69 Å². The van der Waals surface area contributed by atoms with E-state index in [1.54, 1.807) is 24.2 Å². The molecular weight excluding hydrogens is 539 g/mol. The molecule has 212 valence electrons. The van der Waals surface area contributed by atoms with Gasteiger partial charge in [-0.15, -0.1) is 11.3 Å². The number of anilines is 1. The van der Waals surface area contributed by atoms with Gasteiger partial charge in [0.2, 0.25) is 11.8 Å². The number of rotatable bonds is 19. The molecule has 0 radical (unpaired) electrons. The molecule has 10 heteroatoms. The predicted octanol–water partition coefficient (Wildman–Crippen LogP) is 7.22.